The minimum absolute atomic E-state index is 0.0680. The third-order valence-electron chi connectivity index (χ3n) is 4.77. The molecule has 0 aliphatic carbocycles. The molecule has 0 atom stereocenters. The van der Waals surface area contributed by atoms with Crippen molar-refractivity contribution in [1.29, 1.82) is 0 Å². The number of hydrogen-bond acceptors (Lipinski definition) is 7. The molecule has 33 heavy (non-hydrogen) atoms. The maximum Gasteiger partial charge on any atom is 0.270 e. The number of rotatable bonds is 5. The van der Waals surface area contributed by atoms with Crippen LogP contribution in [0.25, 0.3) is 17.4 Å². The quantitative estimate of drug-likeness (QED) is 0.171. The number of halogens is 1. The Morgan fingerprint density at radius 1 is 1.18 bits per heavy atom. The number of para-hydroxylation sites is 2. The lowest BCUT2D eigenvalue weighted by molar-refractivity contribution is -0.384. The molecule has 3 aromatic rings. The Hall–Kier alpha value is -3.83. The average molecular weight is 528 g/mol. The Balaban J connectivity index is 1.68. The number of carbonyl (C=O) groups excluding carboxylic acids is 2. The molecule has 0 unspecified atom stereocenters. The van der Waals surface area contributed by atoms with Gasteiger partial charge in [0.1, 0.15) is 22.8 Å². The lowest BCUT2D eigenvalue weighted by Crippen LogP contribution is -2.54. The number of hydrogen-bond donors (Lipinski definition) is 1. The summed E-state index contributed by atoms with van der Waals surface area (Å²) >= 11 is 8.52. The van der Waals surface area contributed by atoms with Gasteiger partial charge >= 0.3 is 0 Å². The van der Waals surface area contributed by atoms with Crippen LogP contribution in [0.2, 0.25) is 0 Å². The van der Waals surface area contributed by atoms with Gasteiger partial charge in [-0.3, -0.25) is 25.0 Å². The number of amides is 2. The molecule has 2 aromatic carbocycles. The molecule has 9 nitrogen and oxygen atoms in total. The van der Waals surface area contributed by atoms with Crippen LogP contribution in [0.1, 0.15) is 5.76 Å². The van der Waals surface area contributed by atoms with E-state index in [1.165, 1.54) is 36.3 Å². The molecule has 2 heterocycles. The molecular weight excluding hydrogens is 514 g/mol. The maximum absolute atomic E-state index is 13.2. The van der Waals surface area contributed by atoms with E-state index in [2.05, 4.69) is 21.2 Å². The molecule has 4 rings (SSSR count). The Morgan fingerprint density at radius 2 is 1.94 bits per heavy atom. The third kappa shape index (κ3) is 4.28. The molecule has 0 bridgehead atoms. The average Bonchev–Trinajstić information content (AvgIpc) is 3.25. The summed E-state index contributed by atoms with van der Waals surface area (Å²) in [6.45, 7) is 0. The second-order valence-electron chi connectivity index (χ2n) is 6.75. The molecule has 0 saturated carbocycles. The molecule has 0 radical (unpaired) electrons. The van der Waals surface area contributed by atoms with Crippen molar-refractivity contribution in [2.24, 2.45) is 0 Å². The van der Waals surface area contributed by atoms with Crippen molar-refractivity contribution in [3.05, 3.63) is 80.5 Å². The van der Waals surface area contributed by atoms with Gasteiger partial charge in [0.15, 0.2) is 5.11 Å². The highest BCUT2D eigenvalue weighted by atomic mass is 79.9. The minimum atomic E-state index is -0.661. The van der Waals surface area contributed by atoms with Gasteiger partial charge in [-0.15, -0.1) is 0 Å². The zero-order chi connectivity index (χ0) is 23.7. The number of methoxy groups -OCH3 is 1. The van der Waals surface area contributed by atoms with E-state index < -0.39 is 16.7 Å². The predicted octanol–water partition coefficient (Wildman–Crippen LogP) is 4.46. The molecule has 2 amide bonds. The molecule has 1 aliphatic heterocycles. The topological polar surface area (TPSA) is 115 Å². The number of anilines is 1. The van der Waals surface area contributed by atoms with Gasteiger partial charge in [0.2, 0.25) is 0 Å². The number of nitrogens with zero attached hydrogens (tertiary/aromatic N) is 2. The number of nitrogens with one attached hydrogen (secondary N) is 1. The van der Waals surface area contributed by atoms with Gasteiger partial charge in [0.05, 0.1) is 17.7 Å². The van der Waals surface area contributed by atoms with E-state index in [1.807, 2.05) is 0 Å². The summed E-state index contributed by atoms with van der Waals surface area (Å²) < 4.78 is 11.6. The fourth-order valence-electron chi connectivity index (χ4n) is 3.23. The van der Waals surface area contributed by atoms with E-state index in [1.54, 1.807) is 36.4 Å². The van der Waals surface area contributed by atoms with Crippen LogP contribution in [-0.2, 0) is 9.59 Å². The lowest BCUT2D eigenvalue weighted by atomic mass is 10.1. The molecule has 1 aliphatic rings. The Kier molecular flexibility index (Phi) is 6.07. The zero-order valence-electron chi connectivity index (χ0n) is 16.9. The fraction of sp³-hybridized carbons (Fsp3) is 0.0455. The number of benzene rings is 2. The van der Waals surface area contributed by atoms with Gasteiger partial charge in [-0.1, -0.05) is 12.1 Å². The summed E-state index contributed by atoms with van der Waals surface area (Å²) in [5.41, 5.74) is 0.701. The first-order chi connectivity index (χ1) is 15.8. The largest absolute Gasteiger partial charge is 0.495 e. The van der Waals surface area contributed by atoms with E-state index in [-0.39, 0.29) is 22.1 Å². The molecule has 166 valence electrons. The van der Waals surface area contributed by atoms with E-state index in [0.29, 0.717) is 27.2 Å². The number of non-ortho nitro benzene ring substituents is 1. The van der Waals surface area contributed by atoms with Gasteiger partial charge in [-0.25, -0.2) is 4.90 Å². The summed E-state index contributed by atoms with van der Waals surface area (Å²) in [5, 5.41) is 13.4. The van der Waals surface area contributed by atoms with Gasteiger partial charge in [-0.2, -0.15) is 0 Å². The Morgan fingerprint density at radius 3 is 2.64 bits per heavy atom. The van der Waals surface area contributed by atoms with Gasteiger partial charge < -0.3 is 9.15 Å². The summed E-state index contributed by atoms with van der Waals surface area (Å²) in [7, 11) is 1.46. The van der Waals surface area contributed by atoms with Crippen LogP contribution in [0.15, 0.2) is 69.1 Å². The van der Waals surface area contributed by atoms with Crippen molar-refractivity contribution >= 4 is 62.5 Å². The standard InChI is InChI=1S/C22H14BrN3O6S/c1-31-19-5-3-2-4-17(19)25-21(28)15(20(27)24-22(25)33)11-13-7-9-18(32-13)14-8-6-12(26(29)30)10-16(14)23/h2-11H,1H3,(H,24,27,33)/b15-11-. The van der Waals surface area contributed by atoms with Crippen LogP contribution in [0, 0.1) is 10.1 Å². The van der Waals surface area contributed by atoms with Gasteiger partial charge in [-0.05, 0) is 64.6 Å². The van der Waals surface area contributed by atoms with Crippen molar-refractivity contribution in [1.82, 2.24) is 5.32 Å². The monoisotopic (exact) mass is 527 g/mol. The molecule has 1 aromatic heterocycles. The Bertz CT molecular complexity index is 1350. The smallest absolute Gasteiger partial charge is 0.270 e. The number of furan rings is 1. The maximum atomic E-state index is 13.2. The van der Waals surface area contributed by atoms with Gasteiger partial charge in [0.25, 0.3) is 17.5 Å². The lowest BCUT2D eigenvalue weighted by Gasteiger charge is -2.29. The first kappa shape index (κ1) is 22.4. The van der Waals surface area contributed by atoms with Crippen LogP contribution in [-0.4, -0.2) is 29.0 Å². The van der Waals surface area contributed by atoms with Crippen LogP contribution < -0.4 is 15.0 Å². The van der Waals surface area contributed by atoms with E-state index >= 15 is 0 Å². The number of nitro groups is 1. The van der Waals surface area contributed by atoms with Gasteiger partial charge in [0, 0.05) is 22.2 Å². The number of ether oxygens (including phenoxy) is 1. The third-order valence-corrected chi connectivity index (χ3v) is 5.71. The van der Waals surface area contributed by atoms with Crippen molar-refractivity contribution in [2.75, 3.05) is 12.0 Å². The number of carbonyl (C=O) groups is 2. The minimum Gasteiger partial charge on any atom is -0.495 e. The molecule has 1 N–H and O–H groups in total. The van der Waals surface area contributed by atoms with Crippen molar-refractivity contribution < 1.29 is 23.7 Å². The van der Waals surface area contributed by atoms with Crippen molar-refractivity contribution in [3.63, 3.8) is 0 Å². The molecular formula is C22H14BrN3O6S. The first-order valence-electron chi connectivity index (χ1n) is 9.38. The van der Waals surface area contributed by atoms with E-state index in [0.717, 1.165) is 0 Å². The second-order valence-corrected chi connectivity index (χ2v) is 7.99. The highest BCUT2D eigenvalue weighted by Gasteiger charge is 2.36. The highest BCUT2D eigenvalue weighted by molar-refractivity contribution is 9.10. The number of nitro benzene ring substituents is 1. The van der Waals surface area contributed by atoms with E-state index in [9.17, 15) is 19.7 Å². The van der Waals surface area contributed by atoms with Crippen LogP contribution in [0.4, 0.5) is 11.4 Å². The zero-order valence-corrected chi connectivity index (χ0v) is 19.3. The fourth-order valence-corrected chi connectivity index (χ4v) is 4.06. The normalized spacial score (nSPS) is 15.0. The molecule has 1 saturated heterocycles. The van der Waals surface area contributed by atoms with Crippen molar-refractivity contribution in [2.45, 2.75) is 0 Å². The Labute approximate surface area is 200 Å². The molecule has 1 fully saturated rings. The van der Waals surface area contributed by atoms with Crippen LogP contribution in [0.3, 0.4) is 0 Å². The van der Waals surface area contributed by atoms with E-state index in [4.69, 9.17) is 21.4 Å². The van der Waals surface area contributed by atoms with Crippen molar-refractivity contribution in [3.8, 4) is 17.1 Å². The SMILES string of the molecule is COc1ccccc1N1C(=O)/C(=C\c2ccc(-c3ccc([N+](=O)[O-])cc3Br)o2)C(=O)NC1=S. The predicted molar refractivity (Wildman–Crippen MR) is 128 cm³/mol. The number of thiocarbonyl (C=S) groups is 1. The summed E-state index contributed by atoms with van der Waals surface area (Å²) in [4.78, 5) is 37.3. The summed E-state index contributed by atoms with van der Waals surface area (Å²) in [5.74, 6) is -0.258. The molecule has 0 spiro atoms. The second kappa shape index (κ2) is 8.96. The summed E-state index contributed by atoms with van der Waals surface area (Å²) in [6.07, 6.45) is 1.31. The molecule has 11 heteroatoms. The van der Waals surface area contributed by atoms with Crippen LogP contribution in [0.5, 0.6) is 5.75 Å². The van der Waals surface area contributed by atoms with Crippen LogP contribution >= 0.6 is 28.1 Å². The first-order valence-corrected chi connectivity index (χ1v) is 10.6. The highest BCUT2D eigenvalue weighted by Crippen LogP contribution is 2.34. The summed E-state index contributed by atoms with van der Waals surface area (Å²) in [6, 6.07) is 14.2.